The Labute approximate surface area is 96.9 Å². The van der Waals surface area contributed by atoms with Crippen molar-refractivity contribution in [2.45, 2.75) is 0 Å². The molecule has 0 radical (unpaired) electrons. The van der Waals surface area contributed by atoms with Gasteiger partial charge in [0.2, 0.25) is 0 Å². The van der Waals surface area contributed by atoms with E-state index in [0.717, 1.165) is 11.0 Å². The number of nitrogens with zero attached hydrogens (tertiary/aromatic N) is 1. The monoisotopic (exact) mass is 226 g/mol. The summed E-state index contributed by atoms with van der Waals surface area (Å²) >= 11 is 0. The summed E-state index contributed by atoms with van der Waals surface area (Å²) in [6.45, 7) is 0. The molecule has 0 bridgehead atoms. The van der Waals surface area contributed by atoms with Crippen molar-refractivity contribution in [2.24, 2.45) is 0 Å². The summed E-state index contributed by atoms with van der Waals surface area (Å²) in [6.07, 6.45) is 5.01. The molecule has 3 aromatic rings. The zero-order valence-electron chi connectivity index (χ0n) is 8.90. The van der Waals surface area contributed by atoms with Gasteiger partial charge in [-0.15, -0.1) is 0 Å². The highest BCUT2D eigenvalue weighted by Crippen LogP contribution is 2.17. The van der Waals surface area contributed by atoms with Crippen molar-refractivity contribution in [3.63, 3.8) is 0 Å². The first-order chi connectivity index (χ1) is 8.33. The third kappa shape index (κ3) is 1.78. The lowest BCUT2D eigenvalue weighted by molar-refractivity contribution is 0.102. The number of aromatic amines is 2. The van der Waals surface area contributed by atoms with Crippen LogP contribution in [0.25, 0.3) is 11.0 Å². The molecule has 84 valence electrons. The van der Waals surface area contributed by atoms with E-state index in [1.807, 2.05) is 18.3 Å². The van der Waals surface area contributed by atoms with E-state index in [2.05, 4.69) is 20.3 Å². The molecule has 0 fully saturated rings. The van der Waals surface area contributed by atoms with Gasteiger partial charge in [0.1, 0.15) is 11.5 Å². The Morgan fingerprint density at radius 2 is 2.29 bits per heavy atom. The summed E-state index contributed by atoms with van der Waals surface area (Å²) in [5.41, 5.74) is 1.43. The predicted molar refractivity (Wildman–Crippen MR) is 64.8 cm³/mol. The molecule has 0 spiro atoms. The van der Waals surface area contributed by atoms with Crippen LogP contribution in [0.4, 0.5) is 5.82 Å². The lowest BCUT2D eigenvalue weighted by Gasteiger charge is -2.01. The first kappa shape index (κ1) is 9.65. The van der Waals surface area contributed by atoms with Crippen LogP contribution in [0.15, 0.2) is 42.9 Å². The van der Waals surface area contributed by atoms with E-state index in [9.17, 15) is 4.79 Å². The Bertz CT molecular complexity index is 625. The van der Waals surface area contributed by atoms with Gasteiger partial charge in [0.25, 0.3) is 5.91 Å². The molecule has 0 aromatic carbocycles. The van der Waals surface area contributed by atoms with Crippen molar-refractivity contribution in [1.29, 1.82) is 0 Å². The van der Waals surface area contributed by atoms with Crippen LogP contribution in [0.2, 0.25) is 0 Å². The van der Waals surface area contributed by atoms with Gasteiger partial charge in [-0.3, -0.25) is 9.78 Å². The Kier molecular flexibility index (Phi) is 2.15. The fourth-order valence-electron chi connectivity index (χ4n) is 1.70. The van der Waals surface area contributed by atoms with Gasteiger partial charge < -0.3 is 15.3 Å². The highest BCUT2D eigenvalue weighted by Gasteiger charge is 2.07. The minimum absolute atomic E-state index is 0.179. The smallest absolute Gasteiger partial charge is 0.258 e. The number of hydrogen-bond acceptors (Lipinski definition) is 2. The fraction of sp³-hybridized carbons (Fsp3) is 0. The molecule has 3 heterocycles. The second-order valence-corrected chi connectivity index (χ2v) is 3.69. The Morgan fingerprint density at radius 1 is 1.35 bits per heavy atom. The van der Waals surface area contributed by atoms with Crippen molar-refractivity contribution in [3.8, 4) is 0 Å². The normalized spacial score (nSPS) is 10.6. The maximum Gasteiger partial charge on any atom is 0.258 e. The third-order valence-electron chi connectivity index (χ3n) is 2.51. The summed E-state index contributed by atoms with van der Waals surface area (Å²) < 4.78 is 0. The Balaban J connectivity index is 1.84. The molecule has 0 saturated carbocycles. The van der Waals surface area contributed by atoms with Gasteiger partial charge in [-0.05, 0) is 24.3 Å². The second-order valence-electron chi connectivity index (χ2n) is 3.69. The number of aromatic nitrogens is 3. The molecule has 5 heteroatoms. The maximum absolute atomic E-state index is 11.8. The summed E-state index contributed by atoms with van der Waals surface area (Å²) in [6, 6.07) is 7.26. The molecular formula is C12H10N4O. The van der Waals surface area contributed by atoms with Crippen LogP contribution in [0, 0.1) is 0 Å². The number of hydrogen-bond donors (Lipinski definition) is 3. The molecule has 0 saturated heterocycles. The molecule has 5 nitrogen and oxygen atoms in total. The Hall–Kier alpha value is -2.56. The topological polar surface area (TPSA) is 73.6 Å². The lowest BCUT2D eigenvalue weighted by atomic mass is 10.3. The fourth-order valence-corrected chi connectivity index (χ4v) is 1.70. The molecule has 0 aliphatic carbocycles. The minimum Gasteiger partial charge on any atom is -0.348 e. The average Bonchev–Trinajstić information content (AvgIpc) is 2.90. The van der Waals surface area contributed by atoms with Gasteiger partial charge in [0.05, 0.1) is 5.56 Å². The van der Waals surface area contributed by atoms with Gasteiger partial charge in [-0.25, -0.2) is 0 Å². The molecular weight excluding hydrogens is 216 g/mol. The molecule has 0 aliphatic rings. The van der Waals surface area contributed by atoms with Crippen molar-refractivity contribution in [1.82, 2.24) is 15.0 Å². The van der Waals surface area contributed by atoms with E-state index in [1.54, 1.807) is 18.3 Å². The van der Waals surface area contributed by atoms with E-state index in [4.69, 9.17) is 0 Å². The standard InChI is InChI=1S/C12H10N4O/c17-12(9-2-1-4-13-7-9)16-10-6-8-3-5-14-11(8)15-10/h1-7,14-15H,(H,16,17). The van der Waals surface area contributed by atoms with Gasteiger partial charge in [-0.2, -0.15) is 0 Å². The zero-order valence-corrected chi connectivity index (χ0v) is 8.90. The second kappa shape index (κ2) is 3.79. The van der Waals surface area contributed by atoms with Gasteiger partial charge >= 0.3 is 0 Å². The quantitative estimate of drug-likeness (QED) is 0.626. The van der Waals surface area contributed by atoms with Crippen LogP contribution in [0.1, 0.15) is 10.4 Å². The number of anilines is 1. The predicted octanol–water partition coefficient (Wildman–Crippen LogP) is 2.14. The largest absolute Gasteiger partial charge is 0.348 e. The molecule has 0 atom stereocenters. The number of fused-ring (bicyclic) bond motifs is 1. The number of H-pyrrole nitrogens is 2. The molecule has 0 unspecified atom stereocenters. The zero-order chi connectivity index (χ0) is 11.7. The first-order valence-electron chi connectivity index (χ1n) is 5.20. The SMILES string of the molecule is O=C(Nc1cc2cc[nH]c2[nH]1)c1cccnc1. The molecule has 1 amide bonds. The van der Waals surface area contributed by atoms with Crippen LogP contribution in [-0.4, -0.2) is 20.9 Å². The molecule has 3 N–H and O–H groups in total. The molecule has 3 rings (SSSR count). The molecule has 0 aliphatic heterocycles. The number of pyridine rings is 1. The summed E-state index contributed by atoms with van der Waals surface area (Å²) in [7, 11) is 0. The van der Waals surface area contributed by atoms with Crippen LogP contribution in [-0.2, 0) is 0 Å². The van der Waals surface area contributed by atoms with E-state index in [-0.39, 0.29) is 5.91 Å². The highest BCUT2D eigenvalue weighted by molar-refractivity contribution is 6.04. The van der Waals surface area contributed by atoms with Crippen molar-refractivity contribution >= 4 is 22.8 Å². The van der Waals surface area contributed by atoms with Gasteiger partial charge in [-0.1, -0.05) is 0 Å². The average molecular weight is 226 g/mol. The molecule has 17 heavy (non-hydrogen) atoms. The lowest BCUT2D eigenvalue weighted by Crippen LogP contribution is -2.12. The van der Waals surface area contributed by atoms with E-state index >= 15 is 0 Å². The van der Waals surface area contributed by atoms with E-state index in [0.29, 0.717) is 11.4 Å². The number of amides is 1. The van der Waals surface area contributed by atoms with Gasteiger partial charge in [0, 0.05) is 24.0 Å². The van der Waals surface area contributed by atoms with E-state index in [1.165, 1.54) is 6.20 Å². The van der Waals surface area contributed by atoms with Crippen LogP contribution < -0.4 is 5.32 Å². The summed E-state index contributed by atoms with van der Waals surface area (Å²) in [5.74, 6) is 0.489. The number of rotatable bonds is 2. The minimum atomic E-state index is -0.179. The van der Waals surface area contributed by atoms with E-state index < -0.39 is 0 Å². The van der Waals surface area contributed by atoms with Gasteiger partial charge in [0.15, 0.2) is 0 Å². The number of carbonyl (C=O) groups excluding carboxylic acids is 1. The summed E-state index contributed by atoms with van der Waals surface area (Å²) in [4.78, 5) is 21.8. The molecule has 3 aromatic heterocycles. The van der Waals surface area contributed by atoms with Crippen LogP contribution >= 0.6 is 0 Å². The van der Waals surface area contributed by atoms with Crippen molar-refractivity contribution < 1.29 is 4.79 Å². The summed E-state index contributed by atoms with van der Waals surface area (Å²) in [5, 5.41) is 3.81. The van der Waals surface area contributed by atoms with Crippen molar-refractivity contribution in [2.75, 3.05) is 5.32 Å². The number of nitrogens with one attached hydrogen (secondary N) is 3. The van der Waals surface area contributed by atoms with Crippen LogP contribution in [0.3, 0.4) is 0 Å². The third-order valence-corrected chi connectivity index (χ3v) is 2.51. The van der Waals surface area contributed by atoms with Crippen molar-refractivity contribution in [3.05, 3.63) is 48.4 Å². The van der Waals surface area contributed by atoms with Crippen LogP contribution in [0.5, 0.6) is 0 Å². The number of carbonyl (C=O) groups is 1. The Morgan fingerprint density at radius 3 is 3.06 bits per heavy atom. The maximum atomic E-state index is 11.8. The highest BCUT2D eigenvalue weighted by atomic mass is 16.1. The first-order valence-corrected chi connectivity index (χ1v) is 5.20.